The van der Waals surface area contributed by atoms with Crippen LogP contribution in [0.3, 0.4) is 0 Å². The fourth-order valence-electron chi connectivity index (χ4n) is 1.38. The molecule has 0 aromatic carbocycles. The third-order valence-electron chi connectivity index (χ3n) is 2.55. The van der Waals surface area contributed by atoms with Crippen LogP contribution in [0.15, 0.2) is 0 Å². The van der Waals surface area contributed by atoms with E-state index in [1.807, 2.05) is 0 Å². The molecule has 2 amide bonds. The summed E-state index contributed by atoms with van der Waals surface area (Å²) < 4.78 is 0. The van der Waals surface area contributed by atoms with Crippen LogP contribution in [0.25, 0.3) is 0 Å². The fourth-order valence-corrected chi connectivity index (χ4v) is 1.38. The second-order valence-electron chi connectivity index (χ2n) is 6.85. The molecule has 106 valence electrons. The number of hydrogen-bond acceptors (Lipinski definition) is 2. The van der Waals surface area contributed by atoms with E-state index in [1.54, 1.807) is 20.8 Å². The summed E-state index contributed by atoms with van der Waals surface area (Å²) in [5, 5.41) is 14.2. The van der Waals surface area contributed by atoms with E-state index in [2.05, 4.69) is 31.4 Å². The van der Waals surface area contributed by atoms with Crippen molar-refractivity contribution in [3.63, 3.8) is 0 Å². The molecule has 0 spiro atoms. The van der Waals surface area contributed by atoms with Crippen molar-refractivity contribution in [2.24, 2.45) is 10.8 Å². The van der Waals surface area contributed by atoms with Crippen LogP contribution in [0.4, 0.5) is 4.79 Å². The normalized spacial score (nSPS) is 13.9. The highest BCUT2D eigenvalue weighted by Crippen LogP contribution is 2.19. The summed E-state index contributed by atoms with van der Waals surface area (Å²) in [5.41, 5.74) is -0.378. The number of rotatable bonds is 4. The topological polar surface area (TPSA) is 78.4 Å². The molecule has 5 nitrogen and oxygen atoms in total. The van der Waals surface area contributed by atoms with Crippen molar-refractivity contribution < 1.29 is 14.7 Å². The molecule has 5 heteroatoms. The first kappa shape index (κ1) is 16.7. The van der Waals surface area contributed by atoms with Gasteiger partial charge in [0.25, 0.3) is 0 Å². The molecule has 0 aliphatic carbocycles. The first-order chi connectivity index (χ1) is 7.93. The number of urea groups is 1. The molecule has 0 aliphatic rings. The minimum atomic E-state index is -1.02. The van der Waals surface area contributed by atoms with Crippen molar-refractivity contribution >= 4 is 12.0 Å². The minimum absolute atomic E-state index is 0.142. The van der Waals surface area contributed by atoms with Crippen molar-refractivity contribution in [1.82, 2.24) is 10.6 Å². The standard InChI is InChI=1S/C13H26N2O3/c1-12(2,3)7-8-14-11(18)15-9(10(16)17)13(4,5)6/h9H,7-8H2,1-6H3,(H,16,17)(H2,14,15,18). The van der Waals surface area contributed by atoms with E-state index in [1.165, 1.54) is 0 Å². The van der Waals surface area contributed by atoms with Crippen LogP contribution in [-0.2, 0) is 4.79 Å². The van der Waals surface area contributed by atoms with Gasteiger partial charge in [-0.15, -0.1) is 0 Å². The van der Waals surface area contributed by atoms with Gasteiger partial charge >= 0.3 is 12.0 Å². The fraction of sp³-hybridized carbons (Fsp3) is 0.846. The summed E-state index contributed by atoms with van der Waals surface area (Å²) in [5.74, 6) is -1.02. The van der Waals surface area contributed by atoms with E-state index < -0.39 is 23.5 Å². The summed E-state index contributed by atoms with van der Waals surface area (Å²) in [7, 11) is 0. The Morgan fingerprint density at radius 2 is 1.61 bits per heavy atom. The molecule has 0 aromatic rings. The van der Waals surface area contributed by atoms with Crippen molar-refractivity contribution in [2.45, 2.75) is 54.0 Å². The van der Waals surface area contributed by atoms with E-state index in [9.17, 15) is 9.59 Å². The molecule has 0 fully saturated rings. The molecular weight excluding hydrogens is 232 g/mol. The number of carbonyl (C=O) groups excluding carboxylic acids is 1. The van der Waals surface area contributed by atoms with Crippen LogP contribution in [0, 0.1) is 10.8 Å². The minimum Gasteiger partial charge on any atom is -0.480 e. The van der Waals surface area contributed by atoms with Gasteiger partial charge in [-0.25, -0.2) is 9.59 Å². The lowest BCUT2D eigenvalue weighted by Crippen LogP contribution is -2.52. The largest absolute Gasteiger partial charge is 0.480 e. The molecule has 1 atom stereocenters. The monoisotopic (exact) mass is 258 g/mol. The van der Waals surface area contributed by atoms with Gasteiger partial charge < -0.3 is 15.7 Å². The number of carbonyl (C=O) groups is 2. The van der Waals surface area contributed by atoms with Crippen LogP contribution in [0.5, 0.6) is 0 Å². The maximum absolute atomic E-state index is 11.6. The van der Waals surface area contributed by atoms with E-state index in [0.29, 0.717) is 6.54 Å². The van der Waals surface area contributed by atoms with Gasteiger partial charge in [0.1, 0.15) is 6.04 Å². The van der Waals surface area contributed by atoms with Crippen molar-refractivity contribution in [3.8, 4) is 0 Å². The molecule has 1 unspecified atom stereocenters. The molecule has 3 N–H and O–H groups in total. The van der Waals surface area contributed by atoms with Crippen molar-refractivity contribution in [1.29, 1.82) is 0 Å². The highest BCUT2D eigenvalue weighted by atomic mass is 16.4. The van der Waals surface area contributed by atoms with Gasteiger partial charge in [0.05, 0.1) is 0 Å². The molecule has 0 aliphatic heterocycles. The van der Waals surface area contributed by atoms with E-state index >= 15 is 0 Å². The molecule has 0 heterocycles. The first-order valence-corrected chi connectivity index (χ1v) is 6.20. The first-order valence-electron chi connectivity index (χ1n) is 6.20. The average Bonchev–Trinajstić information content (AvgIpc) is 2.09. The lowest BCUT2D eigenvalue weighted by Gasteiger charge is -2.28. The molecule has 0 aromatic heterocycles. The van der Waals surface area contributed by atoms with Crippen LogP contribution < -0.4 is 10.6 Å². The number of nitrogens with one attached hydrogen (secondary N) is 2. The van der Waals surface area contributed by atoms with Gasteiger partial charge in [-0.3, -0.25) is 0 Å². The van der Waals surface area contributed by atoms with Gasteiger partial charge in [0, 0.05) is 6.54 Å². The number of carboxylic acids is 1. The van der Waals surface area contributed by atoms with Gasteiger partial charge in [-0.2, -0.15) is 0 Å². The van der Waals surface area contributed by atoms with Crippen LogP contribution in [0.1, 0.15) is 48.0 Å². The summed E-state index contributed by atoms with van der Waals surface area (Å²) in [4.78, 5) is 22.7. The molecule has 0 saturated carbocycles. The number of aliphatic carboxylic acids is 1. The smallest absolute Gasteiger partial charge is 0.326 e. The maximum Gasteiger partial charge on any atom is 0.326 e. The summed E-state index contributed by atoms with van der Waals surface area (Å²) in [6, 6.07) is -1.33. The van der Waals surface area contributed by atoms with Crippen LogP contribution >= 0.6 is 0 Å². The lowest BCUT2D eigenvalue weighted by molar-refractivity contribution is -0.141. The summed E-state index contributed by atoms with van der Waals surface area (Å²) >= 11 is 0. The highest BCUT2D eigenvalue weighted by Gasteiger charge is 2.32. The molecule has 0 radical (unpaired) electrons. The molecule has 0 saturated heterocycles. The quantitative estimate of drug-likeness (QED) is 0.723. The van der Waals surface area contributed by atoms with Gasteiger partial charge in [0.2, 0.25) is 0 Å². The maximum atomic E-state index is 11.6. The molecule has 0 bridgehead atoms. The Kier molecular flexibility index (Phi) is 5.64. The zero-order valence-electron chi connectivity index (χ0n) is 12.3. The Bertz CT molecular complexity index is 300. The Morgan fingerprint density at radius 3 is 1.94 bits per heavy atom. The summed E-state index contributed by atoms with van der Waals surface area (Å²) in [6.45, 7) is 12.1. The Morgan fingerprint density at radius 1 is 1.11 bits per heavy atom. The predicted octanol–water partition coefficient (Wildman–Crippen LogP) is 2.22. The molecule has 18 heavy (non-hydrogen) atoms. The predicted molar refractivity (Wildman–Crippen MR) is 71.5 cm³/mol. The van der Waals surface area contributed by atoms with Crippen molar-refractivity contribution in [2.75, 3.05) is 6.54 Å². The van der Waals surface area contributed by atoms with Gasteiger partial charge in [0.15, 0.2) is 0 Å². The van der Waals surface area contributed by atoms with E-state index in [4.69, 9.17) is 5.11 Å². The number of hydrogen-bond donors (Lipinski definition) is 3. The second-order valence-corrected chi connectivity index (χ2v) is 6.85. The number of carboxylic acid groups (broad SMARTS) is 1. The lowest BCUT2D eigenvalue weighted by atomic mass is 9.87. The van der Waals surface area contributed by atoms with E-state index in [0.717, 1.165) is 6.42 Å². The highest BCUT2D eigenvalue weighted by molar-refractivity contribution is 5.83. The average molecular weight is 258 g/mol. The van der Waals surface area contributed by atoms with Crippen LogP contribution in [0.2, 0.25) is 0 Å². The molecule has 0 rings (SSSR count). The Labute approximate surface area is 109 Å². The Balaban J connectivity index is 4.25. The Hall–Kier alpha value is -1.26. The van der Waals surface area contributed by atoms with Gasteiger partial charge in [-0.1, -0.05) is 41.5 Å². The van der Waals surface area contributed by atoms with Crippen LogP contribution in [-0.4, -0.2) is 29.7 Å². The zero-order valence-corrected chi connectivity index (χ0v) is 12.3. The third kappa shape index (κ3) is 7.14. The number of amides is 2. The van der Waals surface area contributed by atoms with Crippen molar-refractivity contribution in [3.05, 3.63) is 0 Å². The third-order valence-corrected chi connectivity index (χ3v) is 2.55. The SMILES string of the molecule is CC(C)(C)CCNC(=O)NC(C(=O)O)C(C)(C)C. The van der Waals surface area contributed by atoms with E-state index in [-0.39, 0.29) is 5.41 Å². The molecular formula is C13H26N2O3. The second kappa shape index (κ2) is 6.07. The summed E-state index contributed by atoms with van der Waals surface area (Å²) in [6.07, 6.45) is 0.841. The zero-order chi connectivity index (χ0) is 14.6. The van der Waals surface area contributed by atoms with Gasteiger partial charge in [-0.05, 0) is 17.3 Å².